The second kappa shape index (κ2) is 11.3. The highest BCUT2D eigenvalue weighted by molar-refractivity contribution is 14.0. The second-order valence-electron chi connectivity index (χ2n) is 6.44. The first-order chi connectivity index (χ1) is 11.6. The van der Waals surface area contributed by atoms with Crippen molar-refractivity contribution in [3.63, 3.8) is 0 Å². The van der Waals surface area contributed by atoms with Gasteiger partial charge in [-0.2, -0.15) is 11.8 Å². The SMILES string of the molecule is CCSC1(CNC(=NC)NCc2ccc(C)cc2C)CCOCC1.I. The third kappa shape index (κ3) is 6.98. The van der Waals surface area contributed by atoms with Crippen LogP contribution >= 0.6 is 35.7 Å². The van der Waals surface area contributed by atoms with Gasteiger partial charge in [-0.05, 0) is 43.6 Å². The van der Waals surface area contributed by atoms with E-state index in [2.05, 4.69) is 54.6 Å². The number of hydrogen-bond acceptors (Lipinski definition) is 3. The zero-order chi connectivity index (χ0) is 17.4. The summed E-state index contributed by atoms with van der Waals surface area (Å²) >= 11 is 2.05. The van der Waals surface area contributed by atoms with Crippen molar-refractivity contribution in [1.82, 2.24) is 10.6 Å². The van der Waals surface area contributed by atoms with Gasteiger partial charge in [0.1, 0.15) is 0 Å². The first kappa shape index (κ1) is 22.6. The van der Waals surface area contributed by atoms with Crippen LogP contribution in [-0.4, -0.2) is 43.3 Å². The van der Waals surface area contributed by atoms with Crippen LogP contribution in [0.2, 0.25) is 0 Å². The maximum atomic E-state index is 5.55. The molecule has 25 heavy (non-hydrogen) atoms. The summed E-state index contributed by atoms with van der Waals surface area (Å²) in [6, 6.07) is 6.58. The van der Waals surface area contributed by atoms with Gasteiger partial charge in [0.2, 0.25) is 0 Å². The molecule has 1 fully saturated rings. The maximum absolute atomic E-state index is 5.55. The molecule has 1 aliphatic heterocycles. The minimum absolute atomic E-state index is 0. The Hall–Kier alpha value is -0.470. The van der Waals surface area contributed by atoms with Crippen LogP contribution in [0.4, 0.5) is 0 Å². The summed E-state index contributed by atoms with van der Waals surface area (Å²) in [4.78, 5) is 4.38. The van der Waals surface area contributed by atoms with Crippen molar-refractivity contribution < 1.29 is 4.74 Å². The summed E-state index contributed by atoms with van der Waals surface area (Å²) in [7, 11) is 1.83. The Bertz CT molecular complexity index is 554. The zero-order valence-corrected chi connectivity index (χ0v) is 19.0. The van der Waals surface area contributed by atoms with Gasteiger partial charge in [0, 0.05) is 38.1 Å². The van der Waals surface area contributed by atoms with E-state index in [-0.39, 0.29) is 28.7 Å². The molecule has 0 bridgehead atoms. The Balaban J connectivity index is 0.00000312. The molecule has 0 amide bonds. The number of rotatable bonds is 6. The van der Waals surface area contributed by atoms with Gasteiger partial charge >= 0.3 is 0 Å². The number of nitrogens with zero attached hydrogens (tertiary/aromatic N) is 1. The molecule has 2 rings (SSSR count). The lowest BCUT2D eigenvalue weighted by atomic mass is 9.99. The largest absolute Gasteiger partial charge is 0.381 e. The molecule has 6 heteroatoms. The summed E-state index contributed by atoms with van der Waals surface area (Å²) in [5.41, 5.74) is 3.93. The normalized spacial score (nSPS) is 16.9. The fourth-order valence-electron chi connectivity index (χ4n) is 3.11. The van der Waals surface area contributed by atoms with Crippen molar-refractivity contribution in [3.8, 4) is 0 Å². The van der Waals surface area contributed by atoms with E-state index in [4.69, 9.17) is 4.74 Å². The molecule has 1 saturated heterocycles. The second-order valence-corrected chi connectivity index (χ2v) is 8.17. The van der Waals surface area contributed by atoms with E-state index in [9.17, 15) is 0 Å². The molecule has 1 aromatic rings. The molecule has 0 aliphatic carbocycles. The standard InChI is InChI=1S/C19H31N3OS.HI/c1-5-24-19(8-10-23-11-9-19)14-22-18(20-4)21-13-17-7-6-15(2)12-16(17)3;/h6-7,12H,5,8-11,13-14H2,1-4H3,(H2,20,21,22);1H. The van der Waals surface area contributed by atoms with Gasteiger partial charge in [-0.1, -0.05) is 30.7 Å². The number of benzene rings is 1. The summed E-state index contributed by atoms with van der Waals surface area (Å²) < 4.78 is 5.81. The first-order valence-corrected chi connectivity index (χ1v) is 9.79. The molecule has 1 aliphatic rings. The molecule has 0 saturated carbocycles. The number of aliphatic imine (C=N–C) groups is 1. The molecule has 0 spiro atoms. The molecule has 142 valence electrons. The number of nitrogens with one attached hydrogen (secondary N) is 2. The van der Waals surface area contributed by atoms with Gasteiger partial charge in [-0.3, -0.25) is 4.99 Å². The van der Waals surface area contributed by atoms with Crippen molar-refractivity contribution in [1.29, 1.82) is 0 Å². The third-order valence-electron chi connectivity index (χ3n) is 4.60. The predicted octanol–water partition coefficient (Wildman–Crippen LogP) is 3.89. The van der Waals surface area contributed by atoms with Crippen molar-refractivity contribution in [2.75, 3.05) is 32.6 Å². The average Bonchev–Trinajstić information content (AvgIpc) is 2.57. The zero-order valence-electron chi connectivity index (χ0n) is 15.9. The molecule has 0 aromatic heterocycles. The average molecular weight is 477 g/mol. The van der Waals surface area contributed by atoms with Crippen LogP contribution in [0, 0.1) is 13.8 Å². The molecule has 0 radical (unpaired) electrons. The summed E-state index contributed by atoms with van der Waals surface area (Å²) in [5.74, 6) is 2.01. The number of halogens is 1. The molecule has 0 unspecified atom stereocenters. The predicted molar refractivity (Wildman–Crippen MR) is 120 cm³/mol. The maximum Gasteiger partial charge on any atom is 0.191 e. The Kier molecular flexibility index (Phi) is 10.2. The minimum atomic E-state index is 0. The van der Waals surface area contributed by atoms with Crippen molar-refractivity contribution in [3.05, 3.63) is 34.9 Å². The van der Waals surface area contributed by atoms with E-state index in [1.54, 1.807) is 0 Å². The van der Waals surface area contributed by atoms with Crippen molar-refractivity contribution in [2.45, 2.75) is 44.9 Å². The molecular weight excluding hydrogens is 445 g/mol. The summed E-state index contributed by atoms with van der Waals surface area (Å²) in [5, 5.41) is 6.97. The highest BCUT2D eigenvalue weighted by Crippen LogP contribution is 2.34. The van der Waals surface area contributed by atoms with Crippen molar-refractivity contribution >= 4 is 41.7 Å². The number of aryl methyl sites for hydroxylation is 2. The highest BCUT2D eigenvalue weighted by atomic mass is 127. The van der Waals surface area contributed by atoms with Crippen LogP contribution in [0.15, 0.2) is 23.2 Å². The van der Waals surface area contributed by atoms with Gasteiger partial charge in [-0.15, -0.1) is 24.0 Å². The van der Waals surface area contributed by atoms with Gasteiger partial charge < -0.3 is 15.4 Å². The van der Waals surface area contributed by atoms with Gasteiger partial charge in [0.25, 0.3) is 0 Å². The van der Waals surface area contributed by atoms with Crippen LogP contribution in [0.1, 0.15) is 36.5 Å². The van der Waals surface area contributed by atoms with Crippen LogP contribution in [0.5, 0.6) is 0 Å². The van der Waals surface area contributed by atoms with Gasteiger partial charge in [0.15, 0.2) is 5.96 Å². The lowest BCUT2D eigenvalue weighted by molar-refractivity contribution is 0.0782. The Morgan fingerprint density at radius 2 is 1.96 bits per heavy atom. The van der Waals surface area contributed by atoms with Crippen LogP contribution in [0.25, 0.3) is 0 Å². The Labute approximate surface area is 174 Å². The molecule has 1 heterocycles. The highest BCUT2D eigenvalue weighted by Gasteiger charge is 2.32. The van der Waals surface area contributed by atoms with Crippen LogP contribution in [0.3, 0.4) is 0 Å². The third-order valence-corrected chi connectivity index (χ3v) is 6.05. The van der Waals surface area contributed by atoms with E-state index < -0.39 is 0 Å². The Morgan fingerprint density at radius 3 is 2.56 bits per heavy atom. The van der Waals surface area contributed by atoms with E-state index in [0.29, 0.717) is 0 Å². The number of thioether (sulfide) groups is 1. The summed E-state index contributed by atoms with van der Waals surface area (Å²) in [6.45, 7) is 9.98. The van der Waals surface area contributed by atoms with E-state index in [1.165, 1.54) is 16.7 Å². The van der Waals surface area contributed by atoms with E-state index in [1.807, 2.05) is 18.8 Å². The minimum Gasteiger partial charge on any atom is -0.381 e. The number of hydrogen-bond donors (Lipinski definition) is 2. The number of ether oxygens (including phenoxy) is 1. The fourth-order valence-corrected chi connectivity index (χ4v) is 4.35. The summed E-state index contributed by atoms with van der Waals surface area (Å²) in [6.07, 6.45) is 2.21. The smallest absolute Gasteiger partial charge is 0.191 e. The first-order valence-electron chi connectivity index (χ1n) is 8.81. The quantitative estimate of drug-likeness (QED) is 0.371. The molecule has 0 atom stereocenters. The molecule has 2 N–H and O–H groups in total. The van der Waals surface area contributed by atoms with E-state index >= 15 is 0 Å². The van der Waals surface area contributed by atoms with Crippen molar-refractivity contribution in [2.24, 2.45) is 4.99 Å². The number of guanidine groups is 1. The fraction of sp³-hybridized carbons (Fsp3) is 0.632. The topological polar surface area (TPSA) is 45.7 Å². The van der Waals surface area contributed by atoms with Gasteiger partial charge in [0.05, 0.1) is 0 Å². The van der Waals surface area contributed by atoms with Gasteiger partial charge in [-0.25, -0.2) is 0 Å². The molecular formula is C19H32IN3OS. The molecule has 4 nitrogen and oxygen atoms in total. The Morgan fingerprint density at radius 1 is 1.24 bits per heavy atom. The monoisotopic (exact) mass is 477 g/mol. The lowest BCUT2D eigenvalue weighted by Crippen LogP contribution is -2.48. The van der Waals surface area contributed by atoms with Crippen LogP contribution < -0.4 is 10.6 Å². The van der Waals surface area contributed by atoms with Crippen LogP contribution in [-0.2, 0) is 11.3 Å². The molecule has 1 aromatic carbocycles. The lowest BCUT2D eigenvalue weighted by Gasteiger charge is -2.37. The van der Waals surface area contributed by atoms with E-state index in [0.717, 1.165) is 50.9 Å².